The first-order valence-electron chi connectivity index (χ1n) is 8.77. The van der Waals surface area contributed by atoms with Crippen LogP contribution < -0.4 is 10.2 Å². The lowest BCUT2D eigenvalue weighted by Crippen LogP contribution is -2.35. The zero-order valence-corrected chi connectivity index (χ0v) is 14.1. The zero-order valence-electron chi connectivity index (χ0n) is 14.1. The maximum absolute atomic E-state index is 3.46. The highest BCUT2D eigenvalue weighted by Crippen LogP contribution is 2.31. The molecule has 21 heavy (non-hydrogen) atoms. The van der Waals surface area contributed by atoms with E-state index in [-0.39, 0.29) is 0 Å². The Balaban J connectivity index is 1.86. The summed E-state index contributed by atoms with van der Waals surface area (Å²) in [4.78, 5) is 2.50. The van der Waals surface area contributed by atoms with E-state index < -0.39 is 0 Å². The first-order chi connectivity index (χ1) is 10.2. The van der Waals surface area contributed by atoms with E-state index in [1.54, 1.807) is 0 Å². The number of anilines is 1. The van der Waals surface area contributed by atoms with Crippen LogP contribution in [0.15, 0.2) is 24.3 Å². The monoisotopic (exact) mass is 288 g/mol. The van der Waals surface area contributed by atoms with Crippen LogP contribution in [0.25, 0.3) is 0 Å². The molecule has 1 aromatic rings. The smallest absolute Gasteiger partial charge is 0.0366 e. The van der Waals surface area contributed by atoms with Crippen LogP contribution in [0, 0.1) is 5.92 Å². The number of rotatable bonds is 7. The predicted octanol–water partition coefficient (Wildman–Crippen LogP) is 4.59. The van der Waals surface area contributed by atoms with E-state index in [4.69, 9.17) is 0 Å². The number of hydrogen-bond donors (Lipinski definition) is 1. The Kier molecular flexibility index (Phi) is 6.56. The van der Waals surface area contributed by atoms with E-state index in [0.29, 0.717) is 0 Å². The summed E-state index contributed by atoms with van der Waals surface area (Å²) in [6.07, 6.45) is 8.08. The fraction of sp³-hybridized carbons (Fsp3) is 0.684. The van der Waals surface area contributed by atoms with Gasteiger partial charge < -0.3 is 10.2 Å². The molecular weight excluding hydrogens is 256 g/mol. The highest BCUT2D eigenvalue weighted by molar-refractivity contribution is 5.47. The van der Waals surface area contributed by atoms with Crippen molar-refractivity contribution in [2.45, 2.75) is 65.0 Å². The van der Waals surface area contributed by atoms with Crippen molar-refractivity contribution in [3.63, 3.8) is 0 Å². The molecule has 1 saturated carbocycles. The van der Waals surface area contributed by atoms with Crippen LogP contribution in [0.3, 0.4) is 0 Å². The third kappa shape index (κ3) is 4.74. The molecule has 0 spiro atoms. The van der Waals surface area contributed by atoms with Gasteiger partial charge in [-0.15, -0.1) is 0 Å². The third-order valence-corrected chi connectivity index (χ3v) is 5.04. The third-order valence-electron chi connectivity index (χ3n) is 5.04. The van der Waals surface area contributed by atoms with Gasteiger partial charge >= 0.3 is 0 Å². The summed E-state index contributed by atoms with van der Waals surface area (Å²) >= 11 is 0. The Morgan fingerprint density at radius 2 is 1.71 bits per heavy atom. The van der Waals surface area contributed by atoms with Gasteiger partial charge in [0.1, 0.15) is 0 Å². The van der Waals surface area contributed by atoms with Crippen LogP contribution in [0.2, 0.25) is 0 Å². The number of benzene rings is 1. The maximum atomic E-state index is 3.46. The Morgan fingerprint density at radius 3 is 2.29 bits per heavy atom. The molecule has 1 fully saturated rings. The second kappa shape index (κ2) is 8.43. The van der Waals surface area contributed by atoms with Crippen molar-refractivity contribution in [3.05, 3.63) is 29.8 Å². The Bertz CT molecular complexity index is 391. The molecule has 0 heterocycles. The van der Waals surface area contributed by atoms with Crippen LogP contribution in [0.5, 0.6) is 0 Å². The summed E-state index contributed by atoms with van der Waals surface area (Å²) in [5.41, 5.74) is 2.75. The summed E-state index contributed by atoms with van der Waals surface area (Å²) in [6, 6.07) is 9.85. The minimum atomic E-state index is 0.733. The van der Waals surface area contributed by atoms with Gasteiger partial charge in [-0.3, -0.25) is 0 Å². The number of nitrogens with zero attached hydrogens (tertiary/aromatic N) is 1. The lowest BCUT2D eigenvalue weighted by atomic mass is 9.84. The van der Waals surface area contributed by atoms with Gasteiger partial charge in [0.2, 0.25) is 0 Å². The topological polar surface area (TPSA) is 15.3 Å². The highest BCUT2D eigenvalue weighted by atomic mass is 15.1. The molecule has 0 bridgehead atoms. The Hall–Kier alpha value is -1.02. The van der Waals surface area contributed by atoms with Crippen LogP contribution in [-0.2, 0) is 6.54 Å². The van der Waals surface area contributed by atoms with Crippen LogP contribution >= 0.6 is 0 Å². The molecular formula is C19H32N2. The van der Waals surface area contributed by atoms with Crippen molar-refractivity contribution in [3.8, 4) is 0 Å². The molecule has 0 radical (unpaired) electrons. The molecule has 0 atom stereocenters. The standard InChI is InChI=1S/C19H32N2/c1-4-14-20-15-17-8-12-19(13-9-17)21(3)18-10-6-16(5-2)7-11-18/h8-9,12-13,16,18,20H,4-7,10-11,14-15H2,1-3H3. The molecule has 0 saturated heterocycles. The normalized spacial score (nSPS) is 22.2. The van der Waals surface area contributed by atoms with Gasteiger partial charge in [-0.05, 0) is 62.3 Å². The molecule has 0 aromatic heterocycles. The lowest BCUT2D eigenvalue weighted by molar-refractivity contribution is 0.313. The largest absolute Gasteiger partial charge is 0.372 e. The molecule has 2 heteroatoms. The molecule has 0 unspecified atom stereocenters. The van der Waals surface area contributed by atoms with E-state index in [0.717, 1.165) is 25.0 Å². The first-order valence-corrected chi connectivity index (χ1v) is 8.77. The van der Waals surface area contributed by atoms with E-state index in [2.05, 4.69) is 55.4 Å². The zero-order chi connectivity index (χ0) is 15.1. The van der Waals surface area contributed by atoms with Crippen molar-refractivity contribution in [2.75, 3.05) is 18.5 Å². The predicted molar refractivity (Wildman–Crippen MR) is 92.9 cm³/mol. The van der Waals surface area contributed by atoms with Gasteiger partial charge in [-0.2, -0.15) is 0 Å². The van der Waals surface area contributed by atoms with Gasteiger partial charge in [0.25, 0.3) is 0 Å². The molecule has 1 aliphatic carbocycles. The van der Waals surface area contributed by atoms with Gasteiger partial charge in [0.05, 0.1) is 0 Å². The summed E-state index contributed by atoms with van der Waals surface area (Å²) in [7, 11) is 2.27. The fourth-order valence-electron chi connectivity index (χ4n) is 3.41. The summed E-state index contributed by atoms with van der Waals surface area (Å²) in [6.45, 7) is 6.63. The minimum absolute atomic E-state index is 0.733. The lowest BCUT2D eigenvalue weighted by Gasteiger charge is -2.36. The van der Waals surface area contributed by atoms with Gasteiger partial charge in [0.15, 0.2) is 0 Å². The second-order valence-corrected chi connectivity index (χ2v) is 6.54. The SMILES string of the molecule is CCCNCc1ccc(N(C)C2CCC(CC)CC2)cc1. The van der Waals surface area contributed by atoms with Crippen LogP contribution in [-0.4, -0.2) is 19.6 Å². The first kappa shape index (κ1) is 16.4. The molecule has 0 amide bonds. The van der Waals surface area contributed by atoms with E-state index in [9.17, 15) is 0 Å². The average molecular weight is 288 g/mol. The van der Waals surface area contributed by atoms with Crippen molar-refractivity contribution < 1.29 is 0 Å². The molecule has 0 aliphatic heterocycles. The summed E-state index contributed by atoms with van der Waals surface area (Å²) < 4.78 is 0. The molecule has 2 rings (SSSR count). The Morgan fingerprint density at radius 1 is 1.05 bits per heavy atom. The Labute approximate surface area is 130 Å². The van der Waals surface area contributed by atoms with Gasteiger partial charge in [-0.1, -0.05) is 32.4 Å². The molecule has 118 valence electrons. The minimum Gasteiger partial charge on any atom is -0.372 e. The molecule has 1 aliphatic rings. The van der Waals surface area contributed by atoms with Gasteiger partial charge in [-0.25, -0.2) is 0 Å². The van der Waals surface area contributed by atoms with E-state index >= 15 is 0 Å². The van der Waals surface area contributed by atoms with Crippen molar-refractivity contribution in [1.82, 2.24) is 5.32 Å². The molecule has 2 nitrogen and oxygen atoms in total. The maximum Gasteiger partial charge on any atom is 0.0366 e. The van der Waals surface area contributed by atoms with Crippen LogP contribution in [0.4, 0.5) is 5.69 Å². The van der Waals surface area contributed by atoms with Crippen molar-refractivity contribution >= 4 is 5.69 Å². The number of hydrogen-bond acceptors (Lipinski definition) is 2. The molecule has 1 aromatic carbocycles. The van der Waals surface area contributed by atoms with E-state index in [1.807, 2.05) is 0 Å². The summed E-state index contributed by atoms with van der Waals surface area (Å²) in [5.74, 6) is 0.974. The fourth-order valence-corrected chi connectivity index (χ4v) is 3.41. The van der Waals surface area contributed by atoms with Crippen molar-refractivity contribution in [2.24, 2.45) is 5.92 Å². The van der Waals surface area contributed by atoms with E-state index in [1.165, 1.54) is 49.8 Å². The molecule has 1 N–H and O–H groups in total. The summed E-state index contributed by atoms with van der Waals surface area (Å²) in [5, 5.41) is 3.46. The van der Waals surface area contributed by atoms with Gasteiger partial charge in [0, 0.05) is 25.3 Å². The highest BCUT2D eigenvalue weighted by Gasteiger charge is 2.23. The number of nitrogens with one attached hydrogen (secondary N) is 1. The average Bonchev–Trinajstić information content (AvgIpc) is 2.55. The van der Waals surface area contributed by atoms with Crippen LogP contribution in [0.1, 0.15) is 57.9 Å². The second-order valence-electron chi connectivity index (χ2n) is 6.54. The quantitative estimate of drug-likeness (QED) is 0.738. The van der Waals surface area contributed by atoms with Crippen molar-refractivity contribution in [1.29, 1.82) is 0 Å².